The van der Waals surface area contributed by atoms with E-state index in [-0.39, 0.29) is 0 Å². The van der Waals surface area contributed by atoms with Crippen molar-refractivity contribution in [1.29, 1.82) is 0 Å². The van der Waals surface area contributed by atoms with Crippen molar-refractivity contribution in [3.8, 4) is 0 Å². The fraction of sp³-hybridized carbons (Fsp3) is 0.818. The summed E-state index contributed by atoms with van der Waals surface area (Å²) in [6.07, 6.45) is 6.56. The van der Waals surface area contributed by atoms with Gasteiger partial charge in [-0.3, -0.25) is 4.79 Å². The van der Waals surface area contributed by atoms with Crippen LogP contribution in [0, 0.1) is 0 Å². The number of ether oxygens (including phenoxy) is 2. The van der Waals surface area contributed by atoms with E-state index in [9.17, 15) is 9.59 Å². The molecular formula is C11H18O4. The summed E-state index contributed by atoms with van der Waals surface area (Å²) < 4.78 is 9.08. The molecule has 0 radical (unpaired) electrons. The van der Waals surface area contributed by atoms with Crippen molar-refractivity contribution in [3.63, 3.8) is 0 Å². The van der Waals surface area contributed by atoms with Crippen molar-refractivity contribution in [2.45, 2.75) is 44.9 Å². The highest BCUT2D eigenvalue weighted by Crippen LogP contribution is 2.12. The Balaban J connectivity index is 0.000000151. The molecular weight excluding hydrogens is 196 g/mol. The number of rotatable bonds is 0. The number of hydrogen-bond acceptors (Lipinski definition) is 4. The van der Waals surface area contributed by atoms with E-state index >= 15 is 0 Å². The third-order valence-corrected chi connectivity index (χ3v) is 2.39. The molecule has 1 saturated carbocycles. The smallest absolute Gasteiger partial charge is 0.434 e. The van der Waals surface area contributed by atoms with E-state index in [1.807, 2.05) is 0 Å². The first-order valence-corrected chi connectivity index (χ1v) is 5.60. The van der Waals surface area contributed by atoms with Crippen LogP contribution in [0.5, 0.6) is 0 Å². The van der Waals surface area contributed by atoms with Crippen molar-refractivity contribution >= 4 is 11.9 Å². The molecule has 0 N–H and O–H groups in total. The molecule has 2 fully saturated rings. The fourth-order valence-electron chi connectivity index (χ4n) is 1.50. The van der Waals surface area contributed by atoms with Gasteiger partial charge in [0.2, 0.25) is 0 Å². The largest absolute Gasteiger partial charge is 0.508 e. The number of hydrogen-bond donors (Lipinski definition) is 0. The predicted molar refractivity (Wildman–Crippen MR) is 54.6 cm³/mol. The molecule has 0 aromatic carbocycles. The van der Waals surface area contributed by atoms with Gasteiger partial charge in [0, 0.05) is 12.8 Å². The number of cyclic esters (lactones) is 2. The Kier molecular flexibility index (Phi) is 5.81. The van der Waals surface area contributed by atoms with Crippen molar-refractivity contribution in [2.24, 2.45) is 0 Å². The minimum atomic E-state index is -0.525. The second kappa shape index (κ2) is 7.26. The highest BCUT2D eigenvalue weighted by atomic mass is 16.7. The molecule has 1 aliphatic carbocycles. The van der Waals surface area contributed by atoms with E-state index in [1.54, 1.807) is 0 Å². The van der Waals surface area contributed by atoms with Gasteiger partial charge in [-0.15, -0.1) is 0 Å². The van der Waals surface area contributed by atoms with Gasteiger partial charge in [-0.2, -0.15) is 0 Å². The van der Waals surface area contributed by atoms with Gasteiger partial charge in [0.15, 0.2) is 0 Å². The Morgan fingerprint density at radius 3 is 1.67 bits per heavy atom. The number of carbonyl (C=O) groups excluding carboxylic acids is 2. The van der Waals surface area contributed by atoms with E-state index < -0.39 is 6.16 Å². The lowest BCUT2D eigenvalue weighted by Gasteiger charge is -2.05. The second-order valence-corrected chi connectivity index (χ2v) is 3.75. The Bertz CT molecular complexity index is 195. The van der Waals surface area contributed by atoms with Gasteiger partial charge in [0.05, 0.1) is 13.2 Å². The summed E-state index contributed by atoms with van der Waals surface area (Å²) in [6, 6.07) is 0. The van der Waals surface area contributed by atoms with Crippen molar-refractivity contribution in [2.75, 3.05) is 13.2 Å². The topological polar surface area (TPSA) is 52.6 Å². The van der Waals surface area contributed by atoms with Crippen LogP contribution in [0.25, 0.3) is 0 Å². The van der Waals surface area contributed by atoms with Crippen LogP contribution in [0.1, 0.15) is 44.9 Å². The molecule has 0 bridgehead atoms. The van der Waals surface area contributed by atoms with E-state index in [2.05, 4.69) is 9.47 Å². The minimum Gasteiger partial charge on any atom is -0.434 e. The van der Waals surface area contributed by atoms with Crippen molar-refractivity contribution in [3.05, 3.63) is 0 Å². The average molecular weight is 214 g/mol. The summed E-state index contributed by atoms with van der Waals surface area (Å²) in [7, 11) is 0. The molecule has 0 aromatic heterocycles. The molecule has 1 heterocycles. The minimum absolute atomic E-state index is 0.464. The van der Waals surface area contributed by atoms with E-state index in [0.29, 0.717) is 19.0 Å². The number of Topliss-reactive ketones (excluding diaryl/α,β-unsaturated/α-hetero) is 1. The summed E-state index contributed by atoms with van der Waals surface area (Å²) in [6.45, 7) is 1.03. The number of carbonyl (C=O) groups is 2. The van der Waals surface area contributed by atoms with E-state index in [0.717, 1.165) is 38.5 Å². The van der Waals surface area contributed by atoms with Gasteiger partial charge in [-0.1, -0.05) is 6.42 Å². The number of ketones is 1. The third kappa shape index (κ3) is 6.10. The molecule has 15 heavy (non-hydrogen) atoms. The average Bonchev–Trinajstić information content (AvgIpc) is 2.48. The van der Waals surface area contributed by atoms with Gasteiger partial charge in [0.25, 0.3) is 0 Å². The molecule has 4 heteroatoms. The van der Waals surface area contributed by atoms with Crippen LogP contribution in [0.15, 0.2) is 0 Å². The predicted octanol–water partition coefficient (Wildman–Crippen LogP) is 2.45. The van der Waals surface area contributed by atoms with Crippen LogP contribution in [-0.2, 0) is 14.3 Å². The molecule has 0 aromatic rings. The van der Waals surface area contributed by atoms with Crippen LogP contribution < -0.4 is 0 Å². The fourth-order valence-corrected chi connectivity index (χ4v) is 1.50. The molecule has 2 rings (SSSR count). The molecule has 86 valence electrons. The zero-order chi connectivity index (χ0) is 10.9. The maximum Gasteiger partial charge on any atom is 0.508 e. The summed E-state index contributed by atoms with van der Waals surface area (Å²) >= 11 is 0. The summed E-state index contributed by atoms with van der Waals surface area (Å²) in [5.41, 5.74) is 0. The molecule has 0 atom stereocenters. The summed E-state index contributed by atoms with van der Waals surface area (Å²) in [5.74, 6) is 0.464. The Hall–Kier alpha value is -1.06. The maximum absolute atomic E-state index is 10.5. The van der Waals surface area contributed by atoms with Crippen molar-refractivity contribution < 1.29 is 19.1 Å². The first-order chi connectivity index (χ1) is 7.29. The Labute approximate surface area is 89.9 Å². The highest BCUT2D eigenvalue weighted by Gasteiger charge is 2.06. The molecule has 4 nitrogen and oxygen atoms in total. The maximum atomic E-state index is 10.5. The molecule has 0 spiro atoms. The van der Waals surface area contributed by atoms with Gasteiger partial charge in [0.1, 0.15) is 5.78 Å². The standard InChI is InChI=1S/C6H10O.C5H8O3/c7-6-4-2-1-3-5-6;6-5-7-3-1-2-4-8-5/h1-5H2;1-4H2. The lowest BCUT2D eigenvalue weighted by Crippen LogP contribution is -2.02. The quantitative estimate of drug-likeness (QED) is 0.581. The Morgan fingerprint density at radius 2 is 1.27 bits per heavy atom. The highest BCUT2D eigenvalue weighted by molar-refractivity contribution is 5.78. The van der Waals surface area contributed by atoms with Gasteiger partial charge in [-0.05, 0) is 25.7 Å². The monoisotopic (exact) mass is 214 g/mol. The first kappa shape index (κ1) is 12.0. The molecule has 1 saturated heterocycles. The summed E-state index contributed by atoms with van der Waals surface area (Å²) in [4.78, 5) is 20.7. The van der Waals surface area contributed by atoms with Crippen LogP contribution >= 0.6 is 0 Å². The van der Waals surface area contributed by atoms with Gasteiger partial charge in [-0.25, -0.2) is 4.79 Å². The van der Waals surface area contributed by atoms with Crippen LogP contribution in [0.2, 0.25) is 0 Å². The first-order valence-electron chi connectivity index (χ1n) is 5.60. The van der Waals surface area contributed by atoms with Crippen molar-refractivity contribution in [1.82, 2.24) is 0 Å². The molecule has 0 unspecified atom stereocenters. The van der Waals surface area contributed by atoms with Gasteiger partial charge >= 0.3 is 6.16 Å². The zero-order valence-corrected chi connectivity index (χ0v) is 9.00. The second-order valence-electron chi connectivity index (χ2n) is 3.75. The molecule has 1 aliphatic heterocycles. The lowest BCUT2D eigenvalue weighted by molar-refractivity contribution is -0.120. The van der Waals surface area contributed by atoms with Crippen LogP contribution in [0.4, 0.5) is 4.79 Å². The van der Waals surface area contributed by atoms with Gasteiger partial charge < -0.3 is 9.47 Å². The third-order valence-electron chi connectivity index (χ3n) is 2.39. The lowest BCUT2D eigenvalue weighted by atomic mass is 10.00. The zero-order valence-electron chi connectivity index (χ0n) is 9.00. The SMILES string of the molecule is O=C1CCCCC1.O=C1OCCCCO1. The molecule has 0 amide bonds. The normalized spacial score (nSPS) is 21.6. The van der Waals surface area contributed by atoms with Crippen LogP contribution in [-0.4, -0.2) is 25.2 Å². The Morgan fingerprint density at radius 1 is 0.733 bits per heavy atom. The summed E-state index contributed by atoms with van der Waals surface area (Å²) in [5, 5.41) is 0. The van der Waals surface area contributed by atoms with E-state index in [1.165, 1.54) is 6.42 Å². The van der Waals surface area contributed by atoms with Crippen LogP contribution in [0.3, 0.4) is 0 Å². The van der Waals surface area contributed by atoms with E-state index in [4.69, 9.17) is 0 Å². The molecule has 2 aliphatic rings.